The number of nitrogens with zero attached hydrogens (tertiary/aromatic N) is 5. The van der Waals surface area contributed by atoms with E-state index in [9.17, 15) is 13.6 Å². The number of aromatic nitrogens is 2. The van der Waals surface area contributed by atoms with Crippen LogP contribution < -0.4 is 25.3 Å². The number of anilines is 5. The predicted molar refractivity (Wildman–Crippen MR) is 172 cm³/mol. The maximum absolute atomic E-state index is 14.6. The van der Waals surface area contributed by atoms with Crippen molar-refractivity contribution in [2.45, 2.75) is 44.4 Å². The Morgan fingerprint density at radius 1 is 1.07 bits per heavy atom. The first kappa shape index (κ1) is 31.6. The number of hydroxylamine groups is 1. The van der Waals surface area contributed by atoms with Gasteiger partial charge in [-0.2, -0.15) is 0 Å². The molecule has 2 N–H and O–H groups in total. The summed E-state index contributed by atoms with van der Waals surface area (Å²) < 4.78 is 40.2. The number of nitrogens with one attached hydrogen (secondary N) is 2. The van der Waals surface area contributed by atoms with E-state index < -0.39 is 17.7 Å². The van der Waals surface area contributed by atoms with Crippen molar-refractivity contribution in [3.63, 3.8) is 0 Å². The van der Waals surface area contributed by atoms with Gasteiger partial charge in [0.05, 0.1) is 49.5 Å². The zero-order valence-electron chi connectivity index (χ0n) is 26.0. The van der Waals surface area contributed by atoms with Crippen LogP contribution in [0.4, 0.5) is 37.5 Å². The van der Waals surface area contributed by atoms with E-state index >= 15 is 0 Å². The number of piperidine rings is 1. The Bertz CT molecular complexity index is 1570. The van der Waals surface area contributed by atoms with Crippen LogP contribution in [0, 0.1) is 11.6 Å². The van der Waals surface area contributed by atoms with E-state index in [1.807, 2.05) is 12.1 Å². The third-order valence-corrected chi connectivity index (χ3v) is 8.72. The van der Waals surface area contributed by atoms with Crippen LogP contribution in [-0.2, 0) is 14.4 Å². The molecule has 0 bridgehead atoms. The highest BCUT2D eigenvalue weighted by Gasteiger charge is 2.32. The van der Waals surface area contributed by atoms with Crippen molar-refractivity contribution in [2.24, 2.45) is 0 Å². The maximum atomic E-state index is 14.6. The smallest absolute Gasteiger partial charge is 0.247 e. The minimum atomic E-state index is -0.566. The Hall–Kier alpha value is -4.33. The number of halogens is 2. The highest BCUT2D eigenvalue weighted by atomic mass is 19.1. The number of hydrogen-bond acceptors (Lipinski definition) is 10. The molecule has 4 heterocycles. The summed E-state index contributed by atoms with van der Waals surface area (Å²) in [6.07, 6.45) is 5.27. The van der Waals surface area contributed by atoms with E-state index in [0.717, 1.165) is 63.4 Å². The van der Waals surface area contributed by atoms with Crippen LogP contribution in [-0.4, -0.2) is 79.4 Å². The second kappa shape index (κ2) is 14.0. The molecule has 3 aromatic rings. The Balaban J connectivity index is 1.24. The van der Waals surface area contributed by atoms with Crippen molar-refractivity contribution < 1.29 is 27.9 Å². The van der Waals surface area contributed by atoms with Crippen LogP contribution in [0.3, 0.4) is 0 Å². The molecule has 0 unspecified atom stereocenters. The van der Waals surface area contributed by atoms with Crippen molar-refractivity contribution in [3.05, 3.63) is 72.6 Å². The molecule has 0 radical (unpaired) electrons. The van der Waals surface area contributed by atoms with Gasteiger partial charge in [0.25, 0.3) is 0 Å². The molecule has 11 nitrogen and oxygen atoms in total. The number of carbonyl (C=O) groups excluding carboxylic acids is 1. The summed E-state index contributed by atoms with van der Waals surface area (Å²) in [4.78, 5) is 31.8. The van der Waals surface area contributed by atoms with Crippen LogP contribution in [0.1, 0.15) is 37.8 Å². The number of carbonyl (C=O) groups is 1. The first-order valence-corrected chi connectivity index (χ1v) is 15.5. The fourth-order valence-electron chi connectivity index (χ4n) is 6.45. The summed E-state index contributed by atoms with van der Waals surface area (Å²) in [6, 6.07) is 8.67. The number of methoxy groups -OCH3 is 1. The lowest BCUT2D eigenvalue weighted by Crippen LogP contribution is -2.51. The van der Waals surface area contributed by atoms with Gasteiger partial charge < -0.3 is 25.0 Å². The summed E-state index contributed by atoms with van der Waals surface area (Å²) >= 11 is 0. The van der Waals surface area contributed by atoms with Gasteiger partial charge in [-0.1, -0.05) is 6.58 Å². The predicted octanol–water partition coefficient (Wildman–Crippen LogP) is 5.20. The van der Waals surface area contributed by atoms with Gasteiger partial charge in [0.2, 0.25) is 5.91 Å². The molecule has 244 valence electrons. The van der Waals surface area contributed by atoms with E-state index in [1.165, 1.54) is 23.5 Å². The summed E-state index contributed by atoms with van der Waals surface area (Å²) in [6.45, 7) is 10.3. The molecule has 3 saturated heterocycles. The van der Waals surface area contributed by atoms with Crippen molar-refractivity contribution in [2.75, 3.05) is 67.1 Å². The van der Waals surface area contributed by atoms with Crippen LogP contribution in [0.2, 0.25) is 0 Å². The topological polar surface area (TPSA) is 104 Å². The summed E-state index contributed by atoms with van der Waals surface area (Å²) in [5, 5.41) is 7.70. The number of ether oxygens (including phenoxy) is 2. The maximum Gasteiger partial charge on any atom is 0.247 e. The quantitative estimate of drug-likeness (QED) is 0.305. The molecule has 46 heavy (non-hydrogen) atoms. The van der Waals surface area contributed by atoms with Gasteiger partial charge in [-0.25, -0.2) is 23.8 Å². The van der Waals surface area contributed by atoms with Gasteiger partial charge in [0.1, 0.15) is 29.5 Å². The van der Waals surface area contributed by atoms with Crippen molar-refractivity contribution in [3.8, 4) is 5.75 Å². The highest BCUT2D eigenvalue weighted by Crippen LogP contribution is 2.41. The van der Waals surface area contributed by atoms with Crippen molar-refractivity contribution in [1.29, 1.82) is 0 Å². The lowest BCUT2D eigenvalue weighted by atomic mass is 10.0. The van der Waals surface area contributed by atoms with Gasteiger partial charge in [0.15, 0.2) is 5.82 Å². The standard InChI is InChI=1S/C33H39F2N7O4/c1-4-33(43)39-26-16-27(30(44-3)17-29(26)40-10-7-23(8-11-40)41-12-14-45-21(2)19-41)38-31-18-32(37-20-36-31)42-28(9-13-46-42)24-15-22(34)5-6-25(24)35/h4-6,15-18,20-21,23,28H,1,7-14,19H2,2-3H3,(H,39,43)(H,36,37,38)/t21-,28-/m1/s1. The molecule has 3 aliphatic heterocycles. The summed E-state index contributed by atoms with van der Waals surface area (Å²) in [5.74, 6) is -0.0512. The first-order chi connectivity index (χ1) is 22.3. The highest BCUT2D eigenvalue weighted by molar-refractivity contribution is 6.02. The van der Waals surface area contributed by atoms with Crippen molar-refractivity contribution in [1.82, 2.24) is 14.9 Å². The number of benzene rings is 2. The largest absolute Gasteiger partial charge is 0.494 e. The van der Waals surface area contributed by atoms with Crippen LogP contribution in [0.25, 0.3) is 0 Å². The molecule has 1 aromatic heterocycles. The molecule has 0 spiro atoms. The molecule has 13 heteroatoms. The number of rotatable bonds is 9. The van der Waals surface area contributed by atoms with Gasteiger partial charge in [-0.3, -0.25) is 14.5 Å². The zero-order valence-corrected chi connectivity index (χ0v) is 26.0. The van der Waals surface area contributed by atoms with E-state index in [0.29, 0.717) is 47.8 Å². The van der Waals surface area contributed by atoms with Gasteiger partial charge in [-0.05, 0) is 50.1 Å². The summed E-state index contributed by atoms with van der Waals surface area (Å²) in [7, 11) is 1.58. The fourth-order valence-corrected chi connectivity index (χ4v) is 6.45. The second-order valence-electron chi connectivity index (χ2n) is 11.7. The zero-order chi connectivity index (χ0) is 32.2. The Morgan fingerprint density at radius 2 is 1.89 bits per heavy atom. The number of amides is 1. The molecule has 1 amide bonds. The third kappa shape index (κ3) is 6.91. The Morgan fingerprint density at radius 3 is 2.65 bits per heavy atom. The molecule has 2 aromatic carbocycles. The molecular formula is C33H39F2N7O4. The SMILES string of the molecule is C=CC(=O)Nc1cc(Nc2cc(N3OCC[C@@H]3c3cc(F)ccc3F)ncn2)c(OC)cc1N1CCC(N2CCO[C@H](C)C2)CC1. The minimum Gasteiger partial charge on any atom is -0.494 e. The molecule has 0 aliphatic carbocycles. The first-order valence-electron chi connectivity index (χ1n) is 15.5. The second-order valence-corrected chi connectivity index (χ2v) is 11.7. The molecule has 3 fully saturated rings. The van der Waals surface area contributed by atoms with Gasteiger partial charge in [-0.15, -0.1) is 0 Å². The molecular weight excluding hydrogens is 596 g/mol. The normalized spacial score (nSPS) is 20.9. The van der Waals surface area contributed by atoms with E-state index in [2.05, 4.69) is 43.9 Å². The van der Waals surface area contributed by atoms with Crippen molar-refractivity contribution >= 4 is 34.6 Å². The molecule has 6 rings (SSSR count). The minimum absolute atomic E-state index is 0.189. The monoisotopic (exact) mass is 635 g/mol. The lowest BCUT2D eigenvalue weighted by molar-refractivity contribution is -0.111. The number of hydrogen-bond donors (Lipinski definition) is 2. The van der Waals surface area contributed by atoms with E-state index in [1.54, 1.807) is 13.2 Å². The summed E-state index contributed by atoms with van der Waals surface area (Å²) in [5.41, 5.74) is 2.20. The molecule has 3 aliphatic rings. The average Bonchev–Trinajstić information content (AvgIpc) is 3.56. The Labute approximate surface area is 267 Å². The lowest BCUT2D eigenvalue weighted by Gasteiger charge is -2.42. The number of morpholine rings is 1. The third-order valence-electron chi connectivity index (χ3n) is 8.72. The van der Waals surface area contributed by atoms with Crippen LogP contribution >= 0.6 is 0 Å². The Kier molecular flexibility index (Phi) is 9.61. The van der Waals surface area contributed by atoms with Gasteiger partial charge in [0, 0.05) is 56.3 Å². The molecule has 0 saturated carbocycles. The van der Waals surface area contributed by atoms with E-state index in [-0.39, 0.29) is 17.6 Å². The fraction of sp³-hybridized carbons (Fsp3) is 0.424. The van der Waals surface area contributed by atoms with Crippen LogP contribution in [0.15, 0.2) is 55.4 Å². The van der Waals surface area contributed by atoms with Gasteiger partial charge >= 0.3 is 0 Å². The van der Waals surface area contributed by atoms with Crippen LogP contribution in [0.5, 0.6) is 5.75 Å². The average molecular weight is 636 g/mol. The van der Waals surface area contributed by atoms with E-state index in [4.69, 9.17) is 14.3 Å². The molecule has 2 atom stereocenters.